The van der Waals surface area contributed by atoms with Gasteiger partial charge in [-0.3, -0.25) is 24.5 Å². The molecule has 0 saturated carbocycles. The number of aryl methyl sites for hydroxylation is 1. The maximum Gasteiger partial charge on any atom is 0.416 e. The summed E-state index contributed by atoms with van der Waals surface area (Å²) in [5.74, 6) is -0.529. The fourth-order valence-corrected chi connectivity index (χ4v) is 8.56. The van der Waals surface area contributed by atoms with Crippen LogP contribution >= 0.6 is 11.6 Å². The molecule has 0 bridgehead atoms. The number of fused-ring (bicyclic) bond motifs is 2. The molecular formula is C46H42ClF3N8O7. The Morgan fingerprint density at radius 1 is 0.908 bits per heavy atom. The van der Waals surface area contributed by atoms with Crippen LogP contribution in [-0.4, -0.2) is 110 Å². The number of hydrogen-bond donors (Lipinski definition) is 3. The molecule has 5 heterocycles. The van der Waals surface area contributed by atoms with Crippen molar-refractivity contribution in [1.29, 1.82) is 0 Å². The van der Waals surface area contributed by atoms with Crippen molar-refractivity contribution in [2.24, 2.45) is 0 Å². The molecule has 1 unspecified atom stereocenters. The number of piperazine rings is 1. The number of imide groups is 1. The summed E-state index contributed by atoms with van der Waals surface area (Å²) in [4.78, 5) is 63.1. The molecular weight excluding hydrogens is 869 g/mol. The van der Waals surface area contributed by atoms with E-state index in [2.05, 4.69) is 25.3 Å². The third-order valence-electron chi connectivity index (χ3n) is 11.9. The number of alkyl halides is 3. The average Bonchev–Trinajstić information content (AvgIpc) is 3.97. The molecule has 9 rings (SSSR count). The number of benzene rings is 4. The molecule has 1 atom stereocenters. The Morgan fingerprint density at radius 3 is 2.42 bits per heavy atom. The molecule has 15 nitrogen and oxygen atoms in total. The molecule has 2 aromatic heterocycles. The summed E-state index contributed by atoms with van der Waals surface area (Å²) in [6.45, 7) is 2.78. The van der Waals surface area contributed by atoms with Crippen molar-refractivity contribution in [1.82, 2.24) is 34.9 Å². The molecule has 2 fully saturated rings. The lowest BCUT2D eigenvalue weighted by Gasteiger charge is -2.36. The van der Waals surface area contributed by atoms with Gasteiger partial charge in [-0.1, -0.05) is 35.9 Å². The first-order valence-corrected chi connectivity index (χ1v) is 21.4. The number of piperidine rings is 1. The first-order chi connectivity index (χ1) is 31.3. The Balaban J connectivity index is 0.741. The number of halogens is 4. The van der Waals surface area contributed by atoms with E-state index in [-0.39, 0.29) is 55.8 Å². The van der Waals surface area contributed by atoms with Gasteiger partial charge in [0.1, 0.15) is 30.7 Å². The molecule has 19 heteroatoms. The van der Waals surface area contributed by atoms with Crippen molar-refractivity contribution >= 4 is 52.0 Å². The molecule has 0 radical (unpaired) electrons. The fraction of sp³-hybridized carbons (Fsp3) is 0.304. The number of imidazole rings is 1. The second-order valence-electron chi connectivity index (χ2n) is 16.0. The lowest BCUT2D eigenvalue weighted by Crippen LogP contribution is -2.52. The van der Waals surface area contributed by atoms with Gasteiger partial charge in [-0.05, 0) is 91.1 Å². The highest BCUT2D eigenvalue weighted by molar-refractivity contribution is 6.31. The molecule has 0 aliphatic carbocycles. The molecule has 6 aromatic rings. The fourth-order valence-electron chi connectivity index (χ4n) is 8.40. The minimum absolute atomic E-state index is 0.0952. The van der Waals surface area contributed by atoms with Crippen LogP contribution in [0.3, 0.4) is 0 Å². The van der Waals surface area contributed by atoms with Crippen LogP contribution in [0.2, 0.25) is 5.02 Å². The summed E-state index contributed by atoms with van der Waals surface area (Å²) >= 11 is 6.14. The van der Waals surface area contributed by atoms with Crippen LogP contribution in [0.5, 0.6) is 11.6 Å². The van der Waals surface area contributed by atoms with Crippen LogP contribution in [0.4, 0.5) is 18.9 Å². The first-order valence-electron chi connectivity index (χ1n) is 21.0. The van der Waals surface area contributed by atoms with E-state index in [4.69, 9.17) is 21.1 Å². The summed E-state index contributed by atoms with van der Waals surface area (Å²) in [6, 6.07) is 22.0. The van der Waals surface area contributed by atoms with Gasteiger partial charge in [-0.25, -0.2) is 4.98 Å². The van der Waals surface area contributed by atoms with Crippen molar-refractivity contribution in [2.45, 2.75) is 44.4 Å². The minimum atomic E-state index is -4.51. The number of nitrogens with zero attached hydrogens (tertiary/aromatic N) is 6. The minimum Gasteiger partial charge on any atom is -0.493 e. The normalized spacial score (nSPS) is 16.6. The van der Waals surface area contributed by atoms with Crippen molar-refractivity contribution in [2.75, 3.05) is 50.9 Å². The van der Waals surface area contributed by atoms with Crippen LogP contribution in [0.15, 0.2) is 84.9 Å². The lowest BCUT2D eigenvalue weighted by atomic mass is 10.00. The quantitative estimate of drug-likeness (QED) is 0.0910. The molecule has 4 amide bonds. The monoisotopic (exact) mass is 910 g/mol. The van der Waals surface area contributed by atoms with Crippen LogP contribution in [0, 0.1) is 0 Å². The summed E-state index contributed by atoms with van der Waals surface area (Å²) in [5, 5.41) is 18.8. The van der Waals surface area contributed by atoms with E-state index < -0.39 is 23.7 Å². The highest BCUT2D eigenvalue weighted by Gasteiger charge is 2.39. The zero-order valence-corrected chi connectivity index (χ0v) is 35.5. The van der Waals surface area contributed by atoms with E-state index in [1.165, 1.54) is 21.7 Å². The molecule has 336 valence electrons. The van der Waals surface area contributed by atoms with E-state index in [9.17, 15) is 37.5 Å². The van der Waals surface area contributed by atoms with E-state index in [0.717, 1.165) is 28.9 Å². The Morgan fingerprint density at radius 2 is 1.68 bits per heavy atom. The number of nitrogens with one attached hydrogen (secondary N) is 2. The largest absolute Gasteiger partial charge is 0.493 e. The Hall–Kier alpha value is -6.92. The number of aromatic nitrogens is 4. The predicted octanol–water partition coefficient (Wildman–Crippen LogP) is 6.08. The van der Waals surface area contributed by atoms with Crippen LogP contribution in [0.1, 0.15) is 45.5 Å². The number of carbonyl (C=O) groups excluding carboxylic acids is 4. The molecule has 65 heavy (non-hydrogen) atoms. The average molecular weight is 911 g/mol. The topological polar surface area (TPSA) is 175 Å². The van der Waals surface area contributed by atoms with Crippen molar-refractivity contribution < 1.29 is 46.9 Å². The number of amides is 4. The maximum atomic E-state index is 13.4. The van der Waals surface area contributed by atoms with E-state index in [1.807, 2.05) is 24.3 Å². The lowest BCUT2D eigenvalue weighted by molar-refractivity contribution is -0.138. The standard InChI is InChI=1S/C46H42ClF3N8O7/c47-31-8-14-36-37(24-31)52-45(51-36)58-44(63)35(41(54-58)28-4-6-30(7-5-28)46(48,49)50)12-3-27-1-10-33(11-2-27)65-22-21-64-26-40(60)56-19-17-55(18-20-56)32-9-13-34-29(23-32)25-57(43(34)62)38-15-16-39(59)53-42(38)61/h1-2,4-11,13-14,23-24,38,63H,3,12,15-22,25-26H2,(H,51,52)(H,53,59,61). The third-order valence-corrected chi connectivity index (χ3v) is 12.1. The highest BCUT2D eigenvalue weighted by atomic mass is 35.5. The second-order valence-corrected chi connectivity index (χ2v) is 16.5. The molecule has 2 saturated heterocycles. The first kappa shape index (κ1) is 43.3. The van der Waals surface area contributed by atoms with Gasteiger partial charge >= 0.3 is 6.18 Å². The summed E-state index contributed by atoms with van der Waals surface area (Å²) in [7, 11) is 0. The molecule has 4 aromatic carbocycles. The molecule has 3 aliphatic rings. The van der Waals surface area contributed by atoms with Crippen LogP contribution in [-0.2, 0) is 44.7 Å². The molecule has 3 N–H and O–H groups in total. The van der Waals surface area contributed by atoms with Crippen molar-refractivity contribution in [3.05, 3.63) is 118 Å². The molecule has 3 aliphatic heterocycles. The van der Waals surface area contributed by atoms with Crippen molar-refractivity contribution in [3.63, 3.8) is 0 Å². The summed E-state index contributed by atoms with van der Waals surface area (Å²) in [6.07, 6.45) is -3.25. The highest BCUT2D eigenvalue weighted by Crippen LogP contribution is 2.36. The smallest absolute Gasteiger partial charge is 0.416 e. The number of hydrogen-bond acceptors (Lipinski definition) is 10. The number of aromatic amines is 1. The van der Waals surface area contributed by atoms with E-state index in [0.29, 0.717) is 96.2 Å². The zero-order valence-electron chi connectivity index (χ0n) is 34.7. The SMILES string of the molecule is O=C1CCC(N2Cc3cc(N4CCN(C(=O)COCCOc5ccc(CCc6c(-c7ccc(C(F)(F)F)cc7)nn(-c7nc8cc(Cl)ccc8[nH]7)c6O)cc5)CC4)ccc3C2=O)C(=O)N1. The second kappa shape index (κ2) is 17.9. The third kappa shape index (κ3) is 9.22. The van der Waals surface area contributed by atoms with Gasteiger partial charge in [0.05, 0.1) is 23.2 Å². The van der Waals surface area contributed by atoms with Gasteiger partial charge in [0.2, 0.25) is 29.5 Å². The van der Waals surface area contributed by atoms with Gasteiger partial charge in [-0.2, -0.15) is 23.0 Å². The zero-order chi connectivity index (χ0) is 45.4. The predicted molar refractivity (Wildman–Crippen MR) is 232 cm³/mol. The van der Waals surface area contributed by atoms with Gasteiger partial charge in [-0.15, -0.1) is 0 Å². The van der Waals surface area contributed by atoms with Crippen LogP contribution < -0.4 is 15.0 Å². The number of ether oxygens (including phenoxy) is 2. The van der Waals surface area contributed by atoms with Gasteiger partial charge in [0, 0.05) is 66.5 Å². The Kier molecular flexibility index (Phi) is 11.9. The van der Waals surface area contributed by atoms with E-state index in [1.54, 1.807) is 41.3 Å². The van der Waals surface area contributed by atoms with Gasteiger partial charge in [0.15, 0.2) is 0 Å². The van der Waals surface area contributed by atoms with Gasteiger partial charge in [0.25, 0.3) is 5.91 Å². The summed E-state index contributed by atoms with van der Waals surface area (Å²) in [5.41, 5.74) is 4.76. The molecule has 0 spiro atoms. The Labute approximate surface area is 374 Å². The van der Waals surface area contributed by atoms with E-state index >= 15 is 0 Å². The van der Waals surface area contributed by atoms with Crippen LogP contribution in [0.25, 0.3) is 28.2 Å². The Bertz CT molecular complexity index is 2790. The number of rotatable bonds is 13. The maximum absolute atomic E-state index is 13.4. The van der Waals surface area contributed by atoms with Crippen molar-refractivity contribution in [3.8, 4) is 28.8 Å². The number of aromatic hydroxyl groups is 1. The summed E-state index contributed by atoms with van der Waals surface area (Å²) < 4.78 is 52.8. The number of anilines is 1. The number of carbonyl (C=O) groups is 4. The number of H-pyrrole nitrogens is 1. The van der Waals surface area contributed by atoms with Gasteiger partial charge < -0.3 is 34.3 Å².